The van der Waals surface area contributed by atoms with Gasteiger partial charge in [0.25, 0.3) is 0 Å². The lowest BCUT2D eigenvalue weighted by Crippen LogP contribution is -2.10. The highest BCUT2D eigenvalue weighted by Crippen LogP contribution is 2.33. The average molecular weight is 399 g/mol. The summed E-state index contributed by atoms with van der Waals surface area (Å²) in [5.41, 5.74) is 1.46. The molecule has 0 saturated carbocycles. The van der Waals surface area contributed by atoms with Crippen molar-refractivity contribution in [2.45, 2.75) is 6.61 Å². The zero-order chi connectivity index (χ0) is 21.1. The van der Waals surface area contributed by atoms with Crippen LogP contribution < -0.4 is 4.74 Å². The highest BCUT2D eigenvalue weighted by molar-refractivity contribution is 6.12. The van der Waals surface area contributed by atoms with Gasteiger partial charge in [-0.15, -0.1) is 0 Å². The minimum atomic E-state index is -1.29. The number of para-hydroxylation sites is 1. The number of carboxylic acid groups (broad SMARTS) is 2. The van der Waals surface area contributed by atoms with Crippen LogP contribution in [0, 0.1) is 0 Å². The Bertz CT molecular complexity index is 1230. The van der Waals surface area contributed by atoms with Crippen molar-refractivity contribution in [2.24, 2.45) is 0 Å². The van der Waals surface area contributed by atoms with E-state index in [0.717, 1.165) is 5.56 Å². The second-order valence-electron chi connectivity index (χ2n) is 6.64. The van der Waals surface area contributed by atoms with E-state index in [4.69, 9.17) is 4.74 Å². The van der Waals surface area contributed by atoms with E-state index in [2.05, 4.69) is 4.98 Å². The van der Waals surface area contributed by atoms with Crippen LogP contribution in [-0.4, -0.2) is 27.1 Å². The quantitative estimate of drug-likeness (QED) is 0.480. The van der Waals surface area contributed by atoms with Crippen LogP contribution in [0.15, 0.2) is 78.9 Å². The van der Waals surface area contributed by atoms with E-state index in [9.17, 15) is 19.8 Å². The third-order valence-electron chi connectivity index (χ3n) is 4.70. The number of rotatable bonds is 6. The number of carbonyl (C=O) groups is 2. The molecule has 0 atom stereocenters. The number of aromatic nitrogens is 1. The molecule has 6 heteroatoms. The molecule has 4 rings (SSSR count). The van der Waals surface area contributed by atoms with E-state index < -0.39 is 11.9 Å². The first-order valence-corrected chi connectivity index (χ1v) is 9.21. The summed E-state index contributed by atoms with van der Waals surface area (Å²) in [6.45, 7) is 0.387. The van der Waals surface area contributed by atoms with E-state index in [1.807, 2.05) is 30.3 Å². The number of aromatic carboxylic acids is 2. The molecular weight excluding hydrogens is 382 g/mol. The lowest BCUT2D eigenvalue weighted by Gasteiger charge is -2.14. The molecular formula is C24H17NO5. The summed E-state index contributed by atoms with van der Waals surface area (Å²) in [5, 5.41) is 19.9. The standard InChI is InChI=1S/C24H17NO5/c26-23(27)21-18-8-4-5-9-19(18)25-22(24(28)29)20(21)16-10-12-17(13-11-16)30-14-15-6-2-1-3-7-15/h1-13H,14H2,(H,26,27)(H,28,29). The number of carboxylic acids is 2. The smallest absolute Gasteiger partial charge is 0.355 e. The molecule has 0 aliphatic heterocycles. The van der Waals surface area contributed by atoms with E-state index in [0.29, 0.717) is 28.8 Å². The lowest BCUT2D eigenvalue weighted by molar-refractivity contribution is 0.0691. The van der Waals surface area contributed by atoms with Crippen LogP contribution in [0.25, 0.3) is 22.0 Å². The van der Waals surface area contributed by atoms with Gasteiger partial charge in [-0.25, -0.2) is 14.6 Å². The predicted octanol–water partition coefficient (Wildman–Crippen LogP) is 4.88. The summed E-state index contributed by atoms with van der Waals surface area (Å²) >= 11 is 0. The van der Waals surface area contributed by atoms with Gasteiger partial charge in [0.1, 0.15) is 12.4 Å². The van der Waals surface area contributed by atoms with Crippen molar-refractivity contribution in [3.05, 3.63) is 95.7 Å². The van der Waals surface area contributed by atoms with Crippen molar-refractivity contribution >= 4 is 22.8 Å². The first kappa shape index (κ1) is 19.1. The summed E-state index contributed by atoms with van der Waals surface area (Å²) in [5.74, 6) is -1.91. The van der Waals surface area contributed by atoms with E-state index >= 15 is 0 Å². The van der Waals surface area contributed by atoms with Gasteiger partial charge in [0.15, 0.2) is 5.69 Å². The van der Waals surface area contributed by atoms with Crippen molar-refractivity contribution in [1.29, 1.82) is 0 Å². The van der Waals surface area contributed by atoms with Gasteiger partial charge in [0.2, 0.25) is 0 Å². The minimum absolute atomic E-state index is 0.0725. The van der Waals surface area contributed by atoms with Gasteiger partial charge in [-0.05, 0) is 29.3 Å². The summed E-state index contributed by atoms with van der Waals surface area (Å²) in [4.78, 5) is 28.1. The SMILES string of the molecule is O=C(O)c1nc2ccccc2c(C(=O)O)c1-c1ccc(OCc2ccccc2)cc1. The van der Waals surface area contributed by atoms with Crippen LogP contribution in [0.4, 0.5) is 0 Å². The first-order valence-electron chi connectivity index (χ1n) is 9.21. The molecule has 0 saturated heterocycles. The van der Waals surface area contributed by atoms with Crippen LogP contribution in [0.3, 0.4) is 0 Å². The van der Waals surface area contributed by atoms with Gasteiger partial charge in [-0.2, -0.15) is 0 Å². The lowest BCUT2D eigenvalue weighted by atomic mass is 9.94. The van der Waals surface area contributed by atoms with Gasteiger partial charge in [-0.1, -0.05) is 60.7 Å². The average Bonchev–Trinajstić information content (AvgIpc) is 2.77. The van der Waals surface area contributed by atoms with Crippen LogP contribution in [0.2, 0.25) is 0 Å². The highest BCUT2D eigenvalue weighted by Gasteiger charge is 2.24. The molecule has 0 radical (unpaired) electrons. The van der Waals surface area contributed by atoms with Crippen molar-refractivity contribution in [3.63, 3.8) is 0 Å². The number of pyridine rings is 1. The molecule has 30 heavy (non-hydrogen) atoms. The van der Waals surface area contributed by atoms with E-state index in [1.165, 1.54) is 0 Å². The Morgan fingerprint density at radius 3 is 2.13 bits per heavy atom. The van der Waals surface area contributed by atoms with Gasteiger partial charge in [-0.3, -0.25) is 0 Å². The Hall–Kier alpha value is -4.19. The summed E-state index contributed by atoms with van der Waals surface area (Å²) < 4.78 is 5.76. The normalized spacial score (nSPS) is 10.7. The molecule has 6 nitrogen and oxygen atoms in total. The predicted molar refractivity (Wildman–Crippen MR) is 112 cm³/mol. The number of benzene rings is 3. The monoisotopic (exact) mass is 399 g/mol. The van der Waals surface area contributed by atoms with Crippen molar-refractivity contribution in [1.82, 2.24) is 4.98 Å². The molecule has 0 amide bonds. The molecule has 0 aliphatic rings. The van der Waals surface area contributed by atoms with Crippen LogP contribution >= 0.6 is 0 Å². The molecule has 0 fully saturated rings. The molecule has 0 unspecified atom stereocenters. The second-order valence-corrected chi connectivity index (χ2v) is 6.64. The molecule has 3 aromatic carbocycles. The summed E-state index contributed by atoms with van der Waals surface area (Å²) in [6, 6.07) is 22.9. The fourth-order valence-corrected chi connectivity index (χ4v) is 3.33. The van der Waals surface area contributed by atoms with Gasteiger partial charge in [0, 0.05) is 10.9 Å². The molecule has 0 aliphatic carbocycles. The zero-order valence-electron chi connectivity index (χ0n) is 15.8. The molecule has 1 aromatic heterocycles. The Morgan fingerprint density at radius 2 is 1.47 bits per heavy atom. The topological polar surface area (TPSA) is 96.7 Å². The molecule has 4 aromatic rings. The van der Waals surface area contributed by atoms with E-state index in [1.54, 1.807) is 48.5 Å². The van der Waals surface area contributed by atoms with Gasteiger partial charge >= 0.3 is 11.9 Å². The Labute approximate surface area is 172 Å². The van der Waals surface area contributed by atoms with Gasteiger partial charge in [0.05, 0.1) is 11.1 Å². The zero-order valence-corrected chi connectivity index (χ0v) is 15.8. The Kier molecular flexibility index (Phi) is 5.13. The van der Waals surface area contributed by atoms with Crippen molar-refractivity contribution in [2.75, 3.05) is 0 Å². The molecule has 1 heterocycles. The van der Waals surface area contributed by atoms with Crippen molar-refractivity contribution < 1.29 is 24.5 Å². The second kappa shape index (κ2) is 8.05. The molecule has 0 bridgehead atoms. The van der Waals surface area contributed by atoms with Crippen LogP contribution in [0.1, 0.15) is 26.4 Å². The maximum absolute atomic E-state index is 12.1. The van der Waals surface area contributed by atoms with E-state index in [-0.39, 0.29) is 16.8 Å². The molecule has 2 N–H and O–H groups in total. The number of hydrogen-bond donors (Lipinski definition) is 2. The fourth-order valence-electron chi connectivity index (χ4n) is 3.33. The Balaban J connectivity index is 1.76. The van der Waals surface area contributed by atoms with Crippen LogP contribution in [0.5, 0.6) is 5.75 Å². The number of fused-ring (bicyclic) bond motifs is 1. The van der Waals surface area contributed by atoms with Crippen molar-refractivity contribution in [3.8, 4) is 16.9 Å². The van der Waals surface area contributed by atoms with Crippen LogP contribution in [-0.2, 0) is 6.61 Å². The minimum Gasteiger partial charge on any atom is -0.489 e. The third-order valence-corrected chi connectivity index (χ3v) is 4.70. The third kappa shape index (κ3) is 3.71. The maximum Gasteiger partial charge on any atom is 0.355 e. The highest BCUT2D eigenvalue weighted by atomic mass is 16.5. The summed E-state index contributed by atoms with van der Waals surface area (Å²) in [7, 11) is 0. The molecule has 148 valence electrons. The largest absolute Gasteiger partial charge is 0.489 e. The number of ether oxygens (including phenoxy) is 1. The number of hydrogen-bond acceptors (Lipinski definition) is 4. The maximum atomic E-state index is 12.1. The van der Waals surface area contributed by atoms with Gasteiger partial charge < -0.3 is 14.9 Å². The summed E-state index contributed by atoms with van der Waals surface area (Å²) in [6.07, 6.45) is 0. The Morgan fingerprint density at radius 1 is 0.800 bits per heavy atom. The molecule has 0 spiro atoms. The fraction of sp³-hybridized carbons (Fsp3) is 0.0417. The number of nitrogens with zero attached hydrogens (tertiary/aromatic N) is 1. The first-order chi connectivity index (χ1) is 14.5.